The first-order valence-electron chi connectivity index (χ1n) is 10.5. The maximum atomic E-state index is 12.7. The van der Waals surface area contributed by atoms with E-state index in [0.717, 1.165) is 31.6 Å². The molecule has 2 fully saturated rings. The number of rotatable bonds is 5. The van der Waals surface area contributed by atoms with E-state index in [4.69, 9.17) is 4.74 Å². The van der Waals surface area contributed by atoms with Crippen LogP contribution < -0.4 is 0 Å². The number of nitrogens with zero attached hydrogens (tertiary/aromatic N) is 2. The van der Waals surface area contributed by atoms with Gasteiger partial charge in [0.2, 0.25) is 0 Å². The van der Waals surface area contributed by atoms with Crippen molar-refractivity contribution in [3.8, 4) is 0 Å². The van der Waals surface area contributed by atoms with Crippen LogP contribution in [-0.4, -0.2) is 42.1 Å². The number of fused-ring (bicyclic) bond motifs is 2. The summed E-state index contributed by atoms with van der Waals surface area (Å²) in [5.74, 6) is 0.859. The van der Waals surface area contributed by atoms with Gasteiger partial charge in [-0.05, 0) is 49.8 Å². The van der Waals surface area contributed by atoms with E-state index >= 15 is 0 Å². The van der Waals surface area contributed by atoms with Crippen molar-refractivity contribution in [1.29, 1.82) is 0 Å². The SMILES string of the molecule is CC1CCCC2(C)CC3OC(=O)C(CN(C)CCc4ccccn4)C3C=C12. The Hall–Kier alpha value is -1.68. The number of likely N-dealkylation sites (N-methyl/N-ethyl adjacent to an activating group) is 1. The second-order valence-corrected chi connectivity index (χ2v) is 9.17. The number of hydrogen-bond acceptors (Lipinski definition) is 4. The Bertz CT molecular complexity index is 716. The molecule has 1 aromatic heterocycles. The first kappa shape index (κ1) is 18.7. The average Bonchev–Trinajstić information content (AvgIpc) is 2.93. The predicted octanol–water partition coefficient (Wildman–Crippen LogP) is 3.87. The van der Waals surface area contributed by atoms with Crippen LogP contribution in [0.1, 0.15) is 45.2 Å². The fourth-order valence-corrected chi connectivity index (χ4v) is 5.54. The number of allylic oxidation sites excluding steroid dienone is 1. The minimum atomic E-state index is -0.0325. The van der Waals surface area contributed by atoms with Crippen LogP contribution in [0.15, 0.2) is 36.0 Å². The van der Waals surface area contributed by atoms with Crippen molar-refractivity contribution in [1.82, 2.24) is 9.88 Å². The number of carbonyl (C=O) groups is 1. The highest BCUT2D eigenvalue weighted by Crippen LogP contribution is 2.53. The largest absolute Gasteiger partial charge is 0.461 e. The maximum absolute atomic E-state index is 12.7. The molecule has 0 amide bonds. The van der Waals surface area contributed by atoms with Crippen molar-refractivity contribution < 1.29 is 9.53 Å². The highest BCUT2D eigenvalue weighted by Gasteiger charge is 2.51. The van der Waals surface area contributed by atoms with E-state index in [1.807, 2.05) is 18.3 Å². The molecule has 1 saturated carbocycles. The van der Waals surface area contributed by atoms with Gasteiger partial charge in [-0.25, -0.2) is 0 Å². The molecule has 5 atom stereocenters. The lowest BCUT2D eigenvalue weighted by atomic mass is 9.59. The zero-order valence-electron chi connectivity index (χ0n) is 16.9. The van der Waals surface area contributed by atoms with Gasteiger partial charge >= 0.3 is 5.97 Å². The topological polar surface area (TPSA) is 42.4 Å². The number of carbonyl (C=O) groups excluding carboxylic acids is 1. The zero-order valence-corrected chi connectivity index (χ0v) is 16.9. The summed E-state index contributed by atoms with van der Waals surface area (Å²) in [4.78, 5) is 19.3. The van der Waals surface area contributed by atoms with E-state index in [9.17, 15) is 4.79 Å². The van der Waals surface area contributed by atoms with Gasteiger partial charge in [-0.15, -0.1) is 0 Å². The summed E-state index contributed by atoms with van der Waals surface area (Å²) in [6, 6.07) is 6.03. The fourth-order valence-electron chi connectivity index (χ4n) is 5.54. The molecular weight excluding hydrogens is 336 g/mol. The number of aromatic nitrogens is 1. The summed E-state index contributed by atoms with van der Waals surface area (Å²) in [7, 11) is 2.10. The molecule has 4 nitrogen and oxygen atoms in total. The summed E-state index contributed by atoms with van der Waals surface area (Å²) in [6.07, 6.45) is 10.1. The number of esters is 1. The summed E-state index contributed by atoms with van der Waals surface area (Å²) in [5, 5.41) is 0. The maximum Gasteiger partial charge on any atom is 0.311 e. The fraction of sp³-hybridized carbons (Fsp3) is 0.652. The van der Waals surface area contributed by atoms with Crippen molar-refractivity contribution in [2.75, 3.05) is 20.1 Å². The first-order valence-corrected chi connectivity index (χ1v) is 10.5. The Balaban J connectivity index is 1.44. The summed E-state index contributed by atoms with van der Waals surface area (Å²) < 4.78 is 5.87. The molecular formula is C23H32N2O2. The molecule has 1 saturated heterocycles. The van der Waals surface area contributed by atoms with Crippen LogP contribution in [0.25, 0.3) is 0 Å². The highest BCUT2D eigenvalue weighted by atomic mass is 16.6. The second-order valence-electron chi connectivity index (χ2n) is 9.17. The van der Waals surface area contributed by atoms with Gasteiger partial charge in [0.25, 0.3) is 0 Å². The molecule has 4 rings (SSSR count). The lowest BCUT2D eigenvalue weighted by molar-refractivity contribution is -0.145. The van der Waals surface area contributed by atoms with Crippen LogP contribution in [0.5, 0.6) is 0 Å². The zero-order chi connectivity index (χ0) is 19.0. The van der Waals surface area contributed by atoms with E-state index in [1.165, 1.54) is 19.3 Å². The average molecular weight is 369 g/mol. The summed E-state index contributed by atoms with van der Waals surface area (Å²) in [6.45, 7) is 6.41. The molecule has 0 radical (unpaired) electrons. The van der Waals surface area contributed by atoms with Crippen molar-refractivity contribution in [3.63, 3.8) is 0 Å². The quantitative estimate of drug-likeness (QED) is 0.584. The Morgan fingerprint density at radius 1 is 1.37 bits per heavy atom. The molecule has 3 aliphatic rings. The molecule has 0 spiro atoms. The third-order valence-corrected chi connectivity index (χ3v) is 7.07. The van der Waals surface area contributed by atoms with Gasteiger partial charge < -0.3 is 9.64 Å². The third kappa shape index (κ3) is 3.69. The van der Waals surface area contributed by atoms with Crippen molar-refractivity contribution in [2.24, 2.45) is 23.2 Å². The molecule has 5 unspecified atom stereocenters. The molecule has 1 aromatic rings. The number of pyridine rings is 1. The minimum absolute atomic E-state index is 0.00133. The van der Waals surface area contributed by atoms with Gasteiger partial charge in [0.05, 0.1) is 5.92 Å². The summed E-state index contributed by atoms with van der Waals surface area (Å²) >= 11 is 0. The van der Waals surface area contributed by atoms with Gasteiger partial charge in [0.1, 0.15) is 6.10 Å². The number of hydrogen-bond donors (Lipinski definition) is 0. The molecule has 4 heteroatoms. The van der Waals surface area contributed by atoms with Crippen LogP contribution >= 0.6 is 0 Å². The normalized spacial score (nSPS) is 35.4. The summed E-state index contributed by atoms with van der Waals surface area (Å²) in [5.41, 5.74) is 2.93. The standard InChI is InChI=1S/C23H32N2O2/c1-16-7-6-10-23(2)14-21-18(13-20(16)23)19(22(26)27-21)15-25(3)12-9-17-8-4-5-11-24-17/h4-5,8,11,13,16,18-19,21H,6-7,9-10,12,14-15H2,1-3H3. The Morgan fingerprint density at radius 2 is 2.22 bits per heavy atom. The monoisotopic (exact) mass is 368 g/mol. The van der Waals surface area contributed by atoms with Crippen LogP contribution in [0.2, 0.25) is 0 Å². The van der Waals surface area contributed by atoms with Crippen molar-refractivity contribution >= 4 is 5.97 Å². The molecule has 27 heavy (non-hydrogen) atoms. The molecule has 0 N–H and O–H groups in total. The predicted molar refractivity (Wildman–Crippen MR) is 106 cm³/mol. The van der Waals surface area contributed by atoms with Gasteiger partial charge in [0, 0.05) is 37.3 Å². The van der Waals surface area contributed by atoms with Crippen LogP contribution in [0.3, 0.4) is 0 Å². The van der Waals surface area contributed by atoms with Gasteiger partial charge in [-0.1, -0.05) is 38.0 Å². The molecule has 2 aliphatic carbocycles. The van der Waals surface area contributed by atoms with Crippen LogP contribution in [-0.2, 0) is 16.0 Å². The lowest BCUT2D eigenvalue weighted by Crippen LogP contribution is -2.40. The van der Waals surface area contributed by atoms with E-state index in [2.05, 4.69) is 42.9 Å². The van der Waals surface area contributed by atoms with Crippen LogP contribution in [0, 0.1) is 23.2 Å². The van der Waals surface area contributed by atoms with Gasteiger partial charge in [0.15, 0.2) is 0 Å². The van der Waals surface area contributed by atoms with Gasteiger partial charge in [-0.3, -0.25) is 9.78 Å². The third-order valence-electron chi connectivity index (χ3n) is 7.07. The van der Waals surface area contributed by atoms with Crippen molar-refractivity contribution in [3.05, 3.63) is 41.7 Å². The van der Waals surface area contributed by atoms with E-state index < -0.39 is 0 Å². The lowest BCUT2D eigenvalue weighted by Gasteiger charge is -2.46. The first-order chi connectivity index (χ1) is 13.0. The molecule has 1 aliphatic heterocycles. The second kappa shape index (κ2) is 7.38. The Labute approximate surface area is 163 Å². The molecule has 0 aromatic carbocycles. The van der Waals surface area contributed by atoms with Crippen molar-refractivity contribution in [2.45, 2.75) is 52.1 Å². The minimum Gasteiger partial charge on any atom is -0.461 e. The smallest absolute Gasteiger partial charge is 0.311 e. The molecule has 0 bridgehead atoms. The highest BCUT2D eigenvalue weighted by molar-refractivity contribution is 5.76. The van der Waals surface area contributed by atoms with Gasteiger partial charge in [-0.2, -0.15) is 0 Å². The van der Waals surface area contributed by atoms with E-state index in [0.29, 0.717) is 5.92 Å². The number of ether oxygens (including phenoxy) is 1. The Morgan fingerprint density at radius 3 is 3.00 bits per heavy atom. The Kier molecular flexibility index (Phi) is 5.11. The van der Waals surface area contributed by atoms with E-state index in [1.54, 1.807) is 5.57 Å². The van der Waals surface area contributed by atoms with E-state index in [-0.39, 0.29) is 29.3 Å². The molecule has 146 valence electrons. The molecule has 2 heterocycles. The van der Waals surface area contributed by atoms with Crippen LogP contribution in [0.4, 0.5) is 0 Å².